The van der Waals surface area contributed by atoms with Crippen molar-refractivity contribution in [3.05, 3.63) is 53.5 Å². The van der Waals surface area contributed by atoms with Crippen molar-refractivity contribution < 1.29 is 4.79 Å². The van der Waals surface area contributed by atoms with Crippen molar-refractivity contribution >= 4 is 64.9 Å². The second kappa shape index (κ2) is 5.78. The van der Waals surface area contributed by atoms with Crippen LogP contribution in [0.5, 0.6) is 0 Å². The molecule has 0 spiro atoms. The number of hydrogen-bond acceptors (Lipinski definition) is 2. The monoisotopic (exact) mass is 436 g/mol. The molecule has 2 aromatic rings. The summed E-state index contributed by atoms with van der Waals surface area (Å²) in [6, 6.07) is 9.67. The van der Waals surface area contributed by atoms with Gasteiger partial charge in [0.25, 0.3) is 0 Å². The first-order chi connectivity index (χ1) is 8.06. The highest BCUT2D eigenvalue weighted by Crippen LogP contribution is 2.33. The van der Waals surface area contributed by atoms with Gasteiger partial charge in [0, 0.05) is 15.4 Å². The van der Waals surface area contributed by atoms with Gasteiger partial charge in [-0.1, -0.05) is 28.1 Å². The third-order valence-corrected chi connectivity index (χ3v) is 5.96. The van der Waals surface area contributed by atoms with Gasteiger partial charge in [-0.05, 0) is 55.6 Å². The molecule has 5 heteroatoms. The van der Waals surface area contributed by atoms with E-state index in [1.165, 1.54) is 11.3 Å². The molecule has 88 valence electrons. The van der Waals surface area contributed by atoms with Crippen molar-refractivity contribution in [3.63, 3.8) is 0 Å². The highest BCUT2D eigenvalue weighted by molar-refractivity contribution is 9.13. The van der Waals surface area contributed by atoms with Gasteiger partial charge >= 0.3 is 0 Å². The molecule has 0 atom stereocenters. The fourth-order valence-corrected chi connectivity index (χ4v) is 3.82. The second-order valence-electron chi connectivity index (χ2n) is 3.46. The van der Waals surface area contributed by atoms with Crippen LogP contribution in [0.15, 0.2) is 43.1 Å². The quantitative estimate of drug-likeness (QED) is 0.581. The number of carbonyl (C=O) groups is 1. The van der Waals surface area contributed by atoms with Crippen molar-refractivity contribution in [2.45, 2.75) is 6.42 Å². The van der Waals surface area contributed by atoms with E-state index in [2.05, 4.69) is 47.8 Å². The normalized spacial score (nSPS) is 10.5. The van der Waals surface area contributed by atoms with E-state index < -0.39 is 0 Å². The fraction of sp³-hybridized carbons (Fsp3) is 0.0833. The Hall–Kier alpha value is 0.0300. The maximum atomic E-state index is 12.0. The van der Waals surface area contributed by atoms with Crippen LogP contribution in [0.25, 0.3) is 0 Å². The molecule has 2 rings (SSSR count). The van der Waals surface area contributed by atoms with Crippen LogP contribution < -0.4 is 0 Å². The van der Waals surface area contributed by atoms with Crippen LogP contribution in [0.3, 0.4) is 0 Å². The van der Waals surface area contributed by atoms with Gasteiger partial charge in [-0.3, -0.25) is 4.79 Å². The molecular formula is C12H7Br3OS. The standard InChI is InChI=1S/C12H7Br3OS/c13-8-3-1-2-7(4-8)5-10(16)11-6-9(14)12(15)17-11/h1-4,6H,5H2. The van der Waals surface area contributed by atoms with E-state index in [0.29, 0.717) is 6.42 Å². The van der Waals surface area contributed by atoms with Crippen molar-refractivity contribution in [1.29, 1.82) is 0 Å². The van der Waals surface area contributed by atoms with Gasteiger partial charge in [-0.2, -0.15) is 0 Å². The average molecular weight is 439 g/mol. The van der Waals surface area contributed by atoms with Gasteiger partial charge in [-0.25, -0.2) is 0 Å². The summed E-state index contributed by atoms with van der Waals surface area (Å²) in [6.07, 6.45) is 0.429. The number of carbonyl (C=O) groups excluding carboxylic acids is 1. The van der Waals surface area contributed by atoms with E-state index in [9.17, 15) is 4.79 Å². The molecule has 1 nitrogen and oxygen atoms in total. The summed E-state index contributed by atoms with van der Waals surface area (Å²) in [6.45, 7) is 0. The van der Waals surface area contributed by atoms with Crippen LogP contribution in [0.1, 0.15) is 15.2 Å². The van der Waals surface area contributed by atoms with Crippen LogP contribution in [0.2, 0.25) is 0 Å². The number of thiophene rings is 1. The van der Waals surface area contributed by atoms with Gasteiger partial charge in [0.05, 0.1) is 8.66 Å². The summed E-state index contributed by atoms with van der Waals surface area (Å²) in [5, 5.41) is 0. The molecule has 0 aliphatic carbocycles. The summed E-state index contributed by atoms with van der Waals surface area (Å²) >= 11 is 11.6. The predicted octanol–water partition coefficient (Wildman–Crippen LogP) is 5.46. The zero-order chi connectivity index (χ0) is 12.4. The van der Waals surface area contributed by atoms with Crippen LogP contribution in [0, 0.1) is 0 Å². The third kappa shape index (κ3) is 3.50. The minimum atomic E-state index is 0.138. The first kappa shape index (κ1) is 13.5. The number of halogens is 3. The Balaban J connectivity index is 2.17. The summed E-state index contributed by atoms with van der Waals surface area (Å²) in [7, 11) is 0. The van der Waals surface area contributed by atoms with Crippen LogP contribution in [-0.4, -0.2) is 5.78 Å². The first-order valence-electron chi connectivity index (χ1n) is 4.79. The van der Waals surface area contributed by atoms with Crippen molar-refractivity contribution in [2.75, 3.05) is 0 Å². The molecule has 0 radical (unpaired) electrons. The Morgan fingerprint density at radius 2 is 1.94 bits per heavy atom. The highest BCUT2D eigenvalue weighted by atomic mass is 79.9. The average Bonchev–Trinajstić information content (AvgIpc) is 2.59. The Morgan fingerprint density at radius 1 is 1.18 bits per heavy atom. The fourth-order valence-electron chi connectivity index (χ4n) is 1.40. The van der Waals surface area contributed by atoms with Gasteiger partial charge in [-0.15, -0.1) is 11.3 Å². The molecule has 0 fully saturated rings. The molecule has 0 saturated carbocycles. The van der Waals surface area contributed by atoms with Gasteiger partial charge in [0.15, 0.2) is 5.78 Å². The van der Waals surface area contributed by atoms with Crippen molar-refractivity contribution in [1.82, 2.24) is 0 Å². The molecule has 0 bridgehead atoms. The van der Waals surface area contributed by atoms with E-state index in [4.69, 9.17) is 0 Å². The smallest absolute Gasteiger partial charge is 0.177 e. The van der Waals surface area contributed by atoms with Crippen LogP contribution in [0.4, 0.5) is 0 Å². The van der Waals surface area contributed by atoms with E-state index in [0.717, 1.165) is 23.2 Å². The lowest BCUT2D eigenvalue weighted by Gasteiger charge is -1.99. The lowest BCUT2D eigenvalue weighted by Crippen LogP contribution is -2.00. The molecule has 1 aromatic heterocycles. The Morgan fingerprint density at radius 3 is 2.53 bits per heavy atom. The lowest BCUT2D eigenvalue weighted by atomic mass is 10.1. The number of ketones is 1. The molecule has 1 aromatic carbocycles. The molecular weight excluding hydrogens is 432 g/mol. The van der Waals surface area contributed by atoms with Gasteiger partial charge < -0.3 is 0 Å². The van der Waals surface area contributed by atoms with E-state index in [-0.39, 0.29) is 5.78 Å². The van der Waals surface area contributed by atoms with Gasteiger partial charge in [0.2, 0.25) is 0 Å². The molecule has 0 unspecified atom stereocenters. The molecule has 1 heterocycles. The second-order valence-corrected chi connectivity index (χ2v) is 7.60. The zero-order valence-corrected chi connectivity index (χ0v) is 14.1. The number of benzene rings is 1. The maximum Gasteiger partial charge on any atom is 0.177 e. The number of Topliss-reactive ketones (excluding diaryl/α,β-unsaturated/α-hetero) is 1. The highest BCUT2D eigenvalue weighted by Gasteiger charge is 2.12. The van der Waals surface area contributed by atoms with Gasteiger partial charge in [0.1, 0.15) is 0 Å². The summed E-state index contributed by atoms with van der Waals surface area (Å²) < 4.78 is 2.88. The van der Waals surface area contributed by atoms with Crippen LogP contribution >= 0.6 is 59.1 Å². The molecule has 0 aliphatic rings. The maximum absolute atomic E-state index is 12.0. The predicted molar refractivity (Wildman–Crippen MR) is 81.9 cm³/mol. The minimum absolute atomic E-state index is 0.138. The number of hydrogen-bond donors (Lipinski definition) is 0. The Kier molecular flexibility index (Phi) is 4.58. The van der Waals surface area contributed by atoms with E-state index in [1.54, 1.807) is 0 Å². The third-order valence-electron chi connectivity index (χ3n) is 2.17. The SMILES string of the molecule is O=C(Cc1cccc(Br)c1)c1cc(Br)c(Br)s1. The van der Waals surface area contributed by atoms with E-state index >= 15 is 0 Å². The van der Waals surface area contributed by atoms with E-state index in [1.807, 2.05) is 30.3 Å². The topological polar surface area (TPSA) is 17.1 Å². The number of rotatable bonds is 3. The lowest BCUT2D eigenvalue weighted by molar-refractivity contribution is 0.0997. The van der Waals surface area contributed by atoms with Crippen molar-refractivity contribution in [2.24, 2.45) is 0 Å². The Bertz CT molecular complexity index is 543. The molecule has 0 saturated heterocycles. The Labute approximate surface area is 129 Å². The minimum Gasteiger partial charge on any atom is -0.293 e. The summed E-state index contributed by atoms with van der Waals surface area (Å²) in [4.78, 5) is 12.8. The zero-order valence-electron chi connectivity index (χ0n) is 8.54. The molecule has 0 amide bonds. The van der Waals surface area contributed by atoms with Crippen LogP contribution in [-0.2, 0) is 6.42 Å². The molecule has 0 aliphatic heterocycles. The van der Waals surface area contributed by atoms with Crippen molar-refractivity contribution in [3.8, 4) is 0 Å². The largest absolute Gasteiger partial charge is 0.293 e. The summed E-state index contributed by atoms with van der Waals surface area (Å²) in [5.74, 6) is 0.138. The first-order valence-corrected chi connectivity index (χ1v) is 7.98. The molecule has 0 N–H and O–H groups in total. The molecule has 17 heavy (non-hydrogen) atoms. The summed E-state index contributed by atoms with van der Waals surface area (Å²) in [5.41, 5.74) is 1.02.